The van der Waals surface area contributed by atoms with Crippen molar-refractivity contribution in [2.24, 2.45) is 23.7 Å². The van der Waals surface area contributed by atoms with Crippen LogP contribution in [0.4, 0.5) is 0 Å². The molecule has 0 nitrogen and oxygen atoms in total. The molecule has 0 aromatic rings. The fourth-order valence-corrected chi connectivity index (χ4v) is 4.04. The SMILES string of the molecule is CC1CCC(C)CC1.CC1CCCC1.CC1CCCCCC1. The van der Waals surface area contributed by atoms with E-state index in [0.29, 0.717) is 0 Å². The molecule has 0 radical (unpaired) electrons. The predicted octanol–water partition coefficient (Wildman–Crippen LogP) is 8.01. The molecule has 0 aromatic heterocycles. The zero-order valence-corrected chi connectivity index (χ0v) is 16.2. The summed E-state index contributed by atoms with van der Waals surface area (Å²) in [5.74, 6) is 4.11. The molecule has 0 amide bonds. The van der Waals surface area contributed by atoms with Gasteiger partial charge in [-0.1, -0.05) is 118 Å². The average molecular weight is 309 g/mol. The van der Waals surface area contributed by atoms with E-state index in [1.54, 1.807) is 0 Å². The Kier molecular flexibility index (Phi) is 11.3. The van der Waals surface area contributed by atoms with Crippen molar-refractivity contribution in [3.8, 4) is 0 Å². The minimum atomic E-state index is 1.02. The molecule has 0 bridgehead atoms. The maximum atomic E-state index is 2.38. The minimum Gasteiger partial charge on any atom is -0.0625 e. The molecule has 0 aliphatic heterocycles. The van der Waals surface area contributed by atoms with E-state index in [0.717, 1.165) is 23.7 Å². The topological polar surface area (TPSA) is 0 Å². The van der Waals surface area contributed by atoms with Gasteiger partial charge in [0.15, 0.2) is 0 Å². The van der Waals surface area contributed by atoms with Crippen molar-refractivity contribution in [1.82, 2.24) is 0 Å². The molecule has 3 aliphatic carbocycles. The van der Waals surface area contributed by atoms with Crippen LogP contribution in [-0.2, 0) is 0 Å². The van der Waals surface area contributed by atoms with Crippen molar-refractivity contribution in [2.45, 2.75) is 118 Å². The van der Waals surface area contributed by atoms with Gasteiger partial charge in [-0.25, -0.2) is 0 Å². The largest absolute Gasteiger partial charge is 0.0625 e. The fraction of sp³-hybridized carbons (Fsp3) is 1.00. The van der Waals surface area contributed by atoms with E-state index in [2.05, 4.69) is 27.7 Å². The van der Waals surface area contributed by atoms with Gasteiger partial charge in [-0.3, -0.25) is 0 Å². The van der Waals surface area contributed by atoms with Crippen LogP contribution in [0.15, 0.2) is 0 Å². The molecule has 0 heteroatoms. The van der Waals surface area contributed by atoms with Crippen molar-refractivity contribution in [3.05, 3.63) is 0 Å². The lowest BCUT2D eigenvalue weighted by Gasteiger charge is -2.22. The van der Waals surface area contributed by atoms with Crippen LogP contribution >= 0.6 is 0 Å². The Bertz CT molecular complexity index is 212. The van der Waals surface area contributed by atoms with Gasteiger partial charge in [-0.2, -0.15) is 0 Å². The summed E-state index contributed by atoms with van der Waals surface area (Å²) in [6, 6.07) is 0. The van der Waals surface area contributed by atoms with E-state index in [4.69, 9.17) is 0 Å². The van der Waals surface area contributed by atoms with E-state index in [9.17, 15) is 0 Å². The summed E-state index contributed by atoms with van der Waals surface area (Å²) >= 11 is 0. The highest BCUT2D eigenvalue weighted by Crippen LogP contribution is 2.27. The summed E-state index contributed by atoms with van der Waals surface area (Å²) in [7, 11) is 0. The van der Waals surface area contributed by atoms with Gasteiger partial charge in [0.2, 0.25) is 0 Å². The molecule has 3 fully saturated rings. The van der Waals surface area contributed by atoms with Crippen LogP contribution in [0.5, 0.6) is 0 Å². The molecular weight excluding hydrogens is 264 g/mol. The van der Waals surface area contributed by atoms with Gasteiger partial charge in [-0.05, 0) is 23.7 Å². The third kappa shape index (κ3) is 10.7. The summed E-state index contributed by atoms with van der Waals surface area (Å²) in [6.45, 7) is 9.45. The third-order valence-electron chi connectivity index (χ3n) is 6.09. The van der Waals surface area contributed by atoms with Crippen molar-refractivity contribution in [2.75, 3.05) is 0 Å². The molecule has 132 valence electrons. The number of rotatable bonds is 0. The van der Waals surface area contributed by atoms with Gasteiger partial charge in [0, 0.05) is 0 Å². The van der Waals surface area contributed by atoms with Crippen LogP contribution in [0, 0.1) is 23.7 Å². The first-order valence-electron chi connectivity index (χ1n) is 10.6. The Morgan fingerprint density at radius 3 is 0.818 bits per heavy atom. The Morgan fingerprint density at radius 1 is 0.318 bits per heavy atom. The summed E-state index contributed by atoms with van der Waals surface area (Å²) in [4.78, 5) is 0. The van der Waals surface area contributed by atoms with E-state index in [1.807, 2.05) is 0 Å². The molecule has 0 aromatic carbocycles. The maximum absolute atomic E-state index is 2.38. The van der Waals surface area contributed by atoms with E-state index < -0.39 is 0 Å². The molecule has 22 heavy (non-hydrogen) atoms. The van der Waals surface area contributed by atoms with Gasteiger partial charge in [0.1, 0.15) is 0 Å². The van der Waals surface area contributed by atoms with Gasteiger partial charge in [-0.15, -0.1) is 0 Å². The van der Waals surface area contributed by atoms with Crippen molar-refractivity contribution in [3.63, 3.8) is 0 Å². The van der Waals surface area contributed by atoms with Crippen LogP contribution in [0.1, 0.15) is 118 Å². The third-order valence-corrected chi connectivity index (χ3v) is 6.09. The van der Waals surface area contributed by atoms with Crippen LogP contribution in [-0.4, -0.2) is 0 Å². The first kappa shape index (κ1) is 20.0. The number of hydrogen-bond donors (Lipinski definition) is 0. The highest BCUT2D eigenvalue weighted by molar-refractivity contribution is 4.65. The lowest BCUT2D eigenvalue weighted by molar-refractivity contribution is 0.308. The van der Waals surface area contributed by atoms with Gasteiger partial charge in [0.05, 0.1) is 0 Å². The molecule has 0 unspecified atom stereocenters. The van der Waals surface area contributed by atoms with Gasteiger partial charge < -0.3 is 0 Å². The maximum Gasteiger partial charge on any atom is -0.0443 e. The Morgan fingerprint density at radius 2 is 0.545 bits per heavy atom. The second-order valence-electron chi connectivity index (χ2n) is 8.85. The van der Waals surface area contributed by atoms with Crippen molar-refractivity contribution in [1.29, 1.82) is 0 Å². The second kappa shape index (κ2) is 12.4. The smallest absolute Gasteiger partial charge is 0.0443 e. The van der Waals surface area contributed by atoms with E-state index in [-0.39, 0.29) is 0 Å². The first-order valence-corrected chi connectivity index (χ1v) is 10.6. The van der Waals surface area contributed by atoms with Crippen LogP contribution in [0.2, 0.25) is 0 Å². The molecular formula is C22H44. The summed E-state index contributed by atoms with van der Waals surface area (Å²) in [6.07, 6.45) is 20.8. The highest BCUT2D eigenvalue weighted by Gasteiger charge is 2.13. The fourth-order valence-electron chi connectivity index (χ4n) is 4.04. The molecule has 0 N–H and O–H groups in total. The Labute approximate surface area is 141 Å². The summed E-state index contributed by atoms with van der Waals surface area (Å²) < 4.78 is 0. The zero-order chi connectivity index (χ0) is 16.2. The standard InChI is InChI=1S/2C8H16.C6H12/c1-7-3-5-8(2)6-4-7;1-8-6-4-2-3-5-7-8;1-6-4-2-3-5-6/h7-8H,3-6H2,1-2H3;8H,2-7H2,1H3;6H,2-5H2,1H3. The summed E-state index contributed by atoms with van der Waals surface area (Å²) in [5.41, 5.74) is 0. The van der Waals surface area contributed by atoms with E-state index >= 15 is 0 Å². The molecule has 3 aliphatic rings. The normalized spacial score (nSPS) is 30.5. The monoisotopic (exact) mass is 308 g/mol. The quantitative estimate of drug-likeness (QED) is 0.397. The minimum absolute atomic E-state index is 1.02. The predicted molar refractivity (Wildman–Crippen MR) is 101 cm³/mol. The summed E-state index contributed by atoms with van der Waals surface area (Å²) in [5, 5.41) is 0. The molecule has 0 heterocycles. The highest BCUT2D eigenvalue weighted by atomic mass is 14.2. The van der Waals surface area contributed by atoms with Crippen LogP contribution in [0.3, 0.4) is 0 Å². The van der Waals surface area contributed by atoms with Crippen LogP contribution < -0.4 is 0 Å². The second-order valence-corrected chi connectivity index (χ2v) is 8.85. The first-order chi connectivity index (χ1) is 10.6. The molecule has 3 saturated carbocycles. The van der Waals surface area contributed by atoms with Gasteiger partial charge in [0.25, 0.3) is 0 Å². The molecule has 3 rings (SSSR count). The average Bonchev–Trinajstić information content (AvgIpc) is 2.85. The van der Waals surface area contributed by atoms with E-state index in [1.165, 1.54) is 89.9 Å². The lowest BCUT2D eigenvalue weighted by Crippen LogP contribution is -2.08. The molecule has 0 saturated heterocycles. The van der Waals surface area contributed by atoms with Gasteiger partial charge >= 0.3 is 0 Å². The van der Waals surface area contributed by atoms with Crippen LogP contribution in [0.25, 0.3) is 0 Å². The van der Waals surface area contributed by atoms with Crippen molar-refractivity contribution < 1.29 is 0 Å². The molecule has 0 atom stereocenters. The van der Waals surface area contributed by atoms with Crippen molar-refractivity contribution >= 4 is 0 Å². The zero-order valence-electron chi connectivity index (χ0n) is 16.2. The Hall–Kier alpha value is 0. The molecule has 0 spiro atoms. The Balaban J connectivity index is 0.000000167. The number of hydrogen-bond acceptors (Lipinski definition) is 0. The lowest BCUT2D eigenvalue weighted by atomic mass is 9.84.